The fourth-order valence-corrected chi connectivity index (χ4v) is 5.50. The van der Waals surface area contributed by atoms with Crippen LogP contribution in [0.25, 0.3) is 0 Å². The average Bonchev–Trinajstić information content (AvgIpc) is 2.56. The zero-order valence-corrected chi connectivity index (χ0v) is 14.2. The minimum Gasteiger partial charge on any atom is -0.207 e. The molecule has 1 aromatic heterocycles. The van der Waals surface area contributed by atoms with Gasteiger partial charge in [0.05, 0.1) is 17.6 Å². The molecule has 0 atom stereocenters. The fraction of sp³-hybridized carbons (Fsp3) is 0.750. The van der Waals surface area contributed by atoms with E-state index in [0.29, 0.717) is 13.1 Å². The molecule has 0 radical (unpaired) electrons. The molecule has 1 aliphatic rings. The SMILES string of the molecule is Cc1nn(S(C)(=O)=O)c(C)c1S(=O)(=O)N1CCCCCC1. The van der Waals surface area contributed by atoms with Crippen LogP contribution in [-0.4, -0.2) is 49.7 Å². The van der Waals surface area contributed by atoms with Crippen LogP contribution in [0.5, 0.6) is 0 Å². The summed E-state index contributed by atoms with van der Waals surface area (Å²) in [5.41, 5.74) is 0.376. The summed E-state index contributed by atoms with van der Waals surface area (Å²) in [7, 11) is -7.31. The first kappa shape index (κ1) is 16.4. The van der Waals surface area contributed by atoms with Gasteiger partial charge in [-0.15, -0.1) is 0 Å². The highest BCUT2D eigenvalue weighted by atomic mass is 32.2. The van der Waals surface area contributed by atoms with Gasteiger partial charge in [0.2, 0.25) is 10.0 Å². The Hall–Kier alpha value is -0.930. The van der Waals surface area contributed by atoms with E-state index in [1.54, 1.807) is 0 Å². The summed E-state index contributed by atoms with van der Waals surface area (Å²) < 4.78 is 51.2. The second kappa shape index (κ2) is 5.69. The molecule has 21 heavy (non-hydrogen) atoms. The van der Waals surface area contributed by atoms with Gasteiger partial charge in [-0.25, -0.2) is 16.8 Å². The first-order valence-corrected chi connectivity index (χ1v) is 10.2. The lowest BCUT2D eigenvalue weighted by atomic mass is 10.2. The molecule has 120 valence electrons. The van der Waals surface area contributed by atoms with Crippen LogP contribution < -0.4 is 0 Å². The van der Waals surface area contributed by atoms with E-state index in [2.05, 4.69) is 5.10 Å². The molecular formula is C12H21N3O4S2. The normalized spacial score (nSPS) is 18.6. The monoisotopic (exact) mass is 335 g/mol. The van der Waals surface area contributed by atoms with Crippen LogP contribution in [-0.2, 0) is 20.0 Å². The van der Waals surface area contributed by atoms with Crippen molar-refractivity contribution in [2.24, 2.45) is 0 Å². The zero-order chi connectivity index (χ0) is 15.8. The summed E-state index contributed by atoms with van der Waals surface area (Å²) in [5.74, 6) is 0. The standard InChI is InChI=1S/C12H21N3O4S2/c1-10-12(11(2)15(13-10)20(3,16)17)21(18,19)14-8-6-4-5-7-9-14/h4-9H2,1-3H3. The summed E-state index contributed by atoms with van der Waals surface area (Å²) in [6, 6.07) is 0. The Morgan fingerprint density at radius 1 is 0.952 bits per heavy atom. The van der Waals surface area contributed by atoms with Crippen molar-refractivity contribution < 1.29 is 16.8 Å². The first-order valence-electron chi connectivity index (χ1n) is 6.92. The highest BCUT2D eigenvalue weighted by molar-refractivity contribution is 7.90. The van der Waals surface area contributed by atoms with E-state index in [1.807, 2.05) is 0 Å². The number of hydrogen-bond acceptors (Lipinski definition) is 5. The molecule has 1 fully saturated rings. The fourth-order valence-electron chi connectivity index (χ4n) is 2.71. The number of hydrogen-bond donors (Lipinski definition) is 0. The molecule has 0 amide bonds. The van der Waals surface area contributed by atoms with E-state index in [0.717, 1.165) is 36.0 Å². The Kier molecular flexibility index (Phi) is 4.46. The number of sulfonamides is 1. The predicted molar refractivity (Wildman–Crippen MR) is 79.2 cm³/mol. The topological polar surface area (TPSA) is 89.3 Å². The largest absolute Gasteiger partial charge is 0.251 e. The molecule has 0 unspecified atom stereocenters. The lowest BCUT2D eigenvalue weighted by Crippen LogP contribution is -2.32. The van der Waals surface area contributed by atoms with Crippen molar-refractivity contribution in [1.29, 1.82) is 0 Å². The number of rotatable bonds is 3. The van der Waals surface area contributed by atoms with Crippen LogP contribution in [0.4, 0.5) is 0 Å². The quantitative estimate of drug-likeness (QED) is 0.818. The van der Waals surface area contributed by atoms with Gasteiger partial charge in [0.25, 0.3) is 10.0 Å². The van der Waals surface area contributed by atoms with Crippen molar-refractivity contribution in [3.63, 3.8) is 0 Å². The van der Waals surface area contributed by atoms with E-state index in [-0.39, 0.29) is 16.3 Å². The van der Waals surface area contributed by atoms with Gasteiger partial charge < -0.3 is 0 Å². The summed E-state index contributed by atoms with van der Waals surface area (Å²) in [5, 5.41) is 3.89. The number of nitrogens with zero attached hydrogens (tertiary/aromatic N) is 3. The van der Waals surface area contributed by atoms with Crippen molar-refractivity contribution in [3.8, 4) is 0 Å². The van der Waals surface area contributed by atoms with Crippen molar-refractivity contribution in [2.75, 3.05) is 19.3 Å². The molecule has 0 bridgehead atoms. The number of aryl methyl sites for hydroxylation is 1. The smallest absolute Gasteiger partial charge is 0.207 e. The van der Waals surface area contributed by atoms with E-state index in [1.165, 1.54) is 18.2 Å². The second-order valence-corrected chi connectivity index (χ2v) is 9.11. The molecule has 0 aromatic carbocycles. The Balaban J connectivity index is 2.52. The van der Waals surface area contributed by atoms with E-state index < -0.39 is 20.0 Å². The third-order valence-electron chi connectivity index (χ3n) is 3.66. The average molecular weight is 335 g/mol. The summed E-state index contributed by atoms with van der Waals surface area (Å²) in [6.07, 6.45) is 4.71. The van der Waals surface area contributed by atoms with Gasteiger partial charge in [-0.3, -0.25) is 0 Å². The molecule has 0 spiro atoms. The molecule has 9 heteroatoms. The lowest BCUT2D eigenvalue weighted by molar-refractivity contribution is 0.423. The summed E-state index contributed by atoms with van der Waals surface area (Å²) in [4.78, 5) is 0.0230. The molecule has 0 aliphatic carbocycles. The van der Waals surface area contributed by atoms with Gasteiger partial charge in [0.15, 0.2) is 0 Å². The molecule has 2 rings (SSSR count). The minimum absolute atomic E-state index is 0.0230. The summed E-state index contributed by atoms with van der Waals surface area (Å²) in [6.45, 7) is 3.96. The maximum atomic E-state index is 12.8. The lowest BCUT2D eigenvalue weighted by Gasteiger charge is -2.20. The number of aromatic nitrogens is 2. The van der Waals surface area contributed by atoms with E-state index in [4.69, 9.17) is 0 Å². The van der Waals surface area contributed by atoms with Crippen molar-refractivity contribution in [1.82, 2.24) is 13.5 Å². The van der Waals surface area contributed by atoms with Crippen LogP contribution in [0.15, 0.2) is 4.90 Å². The Labute approximate surface area is 126 Å². The predicted octanol–water partition coefficient (Wildman–Crippen LogP) is 0.872. The van der Waals surface area contributed by atoms with Gasteiger partial charge in [0.1, 0.15) is 4.90 Å². The van der Waals surface area contributed by atoms with Crippen molar-refractivity contribution in [2.45, 2.75) is 44.4 Å². The molecule has 1 aliphatic heterocycles. The van der Waals surface area contributed by atoms with Crippen molar-refractivity contribution in [3.05, 3.63) is 11.4 Å². The first-order chi connectivity index (χ1) is 9.65. The van der Waals surface area contributed by atoms with Crippen LogP contribution in [0.2, 0.25) is 0 Å². The van der Waals surface area contributed by atoms with Crippen LogP contribution >= 0.6 is 0 Å². The molecular weight excluding hydrogens is 314 g/mol. The molecule has 7 nitrogen and oxygen atoms in total. The Bertz CT molecular complexity index is 727. The van der Waals surface area contributed by atoms with Gasteiger partial charge in [0, 0.05) is 13.1 Å². The molecule has 0 N–H and O–H groups in total. The highest BCUT2D eigenvalue weighted by Gasteiger charge is 2.32. The third kappa shape index (κ3) is 3.14. The summed E-state index contributed by atoms with van der Waals surface area (Å²) >= 11 is 0. The van der Waals surface area contributed by atoms with Gasteiger partial charge >= 0.3 is 0 Å². The van der Waals surface area contributed by atoms with Crippen LogP contribution in [0, 0.1) is 13.8 Å². The van der Waals surface area contributed by atoms with Crippen LogP contribution in [0.3, 0.4) is 0 Å². The molecule has 0 saturated carbocycles. The van der Waals surface area contributed by atoms with E-state index >= 15 is 0 Å². The van der Waals surface area contributed by atoms with Gasteiger partial charge in [-0.1, -0.05) is 12.8 Å². The molecule has 1 saturated heterocycles. The van der Waals surface area contributed by atoms with Crippen molar-refractivity contribution >= 4 is 20.0 Å². The maximum Gasteiger partial charge on any atom is 0.251 e. The van der Waals surface area contributed by atoms with Crippen LogP contribution in [0.1, 0.15) is 37.1 Å². The molecule has 1 aromatic rings. The Morgan fingerprint density at radius 2 is 1.48 bits per heavy atom. The van der Waals surface area contributed by atoms with Gasteiger partial charge in [-0.05, 0) is 26.7 Å². The zero-order valence-electron chi connectivity index (χ0n) is 12.5. The Morgan fingerprint density at radius 3 is 1.90 bits per heavy atom. The maximum absolute atomic E-state index is 12.8. The third-order valence-corrected chi connectivity index (χ3v) is 6.80. The molecule has 2 heterocycles. The second-order valence-electron chi connectivity index (χ2n) is 5.42. The van der Waals surface area contributed by atoms with Gasteiger partial charge in [-0.2, -0.15) is 13.5 Å². The highest BCUT2D eigenvalue weighted by Crippen LogP contribution is 2.26. The van der Waals surface area contributed by atoms with E-state index in [9.17, 15) is 16.8 Å². The minimum atomic E-state index is -3.70.